The number of hydrogen-bond donors (Lipinski definition) is 1. The highest BCUT2D eigenvalue weighted by Gasteiger charge is 2.44. The lowest BCUT2D eigenvalue weighted by atomic mass is 9.92. The number of hydrogen-bond acceptors (Lipinski definition) is 5. The Balaban J connectivity index is 2.03. The van der Waals surface area contributed by atoms with Crippen LogP contribution in [0.1, 0.15) is 40.7 Å². The average Bonchev–Trinajstić information content (AvgIpc) is 3.31. The lowest BCUT2D eigenvalue weighted by molar-refractivity contribution is -0.129. The number of amides is 1. The summed E-state index contributed by atoms with van der Waals surface area (Å²) in [5.41, 5.74) is 2.04. The van der Waals surface area contributed by atoms with Crippen molar-refractivity contribution in [3.8, 4) is 0 Å². The number of benzene rings is 1. The number of carbonyl (C=O) groups excluding carboxylic acids is 2. The maximum atomic E-state index is 13.2. The van der Waals surface area contributed by atoms with Gasteiger partial charge in [0.05, 0.1) is 16.5 Å². The van der Waals surface area contributed by atoms with Crippen LogP contribution in [-0.4, -0.2) is 52.8 Å². The maximum absolute atomic E-state index is 13.2. The first-order valence-corrected chi connectivity index (χ1v) is 10.5. The van der Waals surface area contributed by atoms with Gasteiger partial charge in [0, 0.05) is 13.1 Å². The predicted molar refractivity (Wildman–Crippen MR) is 112 cm³/mol. The first-order chi connectivity index (χ1) is 13.5. The summed E-state index contributed by atoms with van der Waals surface area (Å²) in [5, 5.41) is 12.5. The molecule has 0 radical (unpaired) electrons. The van der Waals surface area contributed by atoms with Crippen molar-refractivity contribution in [2.24, 2.45) is 0 Å². The van der Waals surface area contributed by atoms with Crippen LogP contribution in [0.3, 0.4) is 0 Å². The zero-order valence-corrected chi connectivity index (χ0v) is 17.3. The Morgan fingerprint density at radius 1 is 1.18 bits per heavy atom. The van der Waals surface area contributed by atoms with Gasteiger partial charge in [0.25, 0.3) is 5.91 Å². The van der Waals surface area contributed by atoms with Crippen LogP contribution in [0.5, 0.6) is 0 Å². The van der Waals surface area contributed by atoms with E-state index in [1.807, 2.05) is 36.6 Å². The minimum absolute atomic E-state index is 0.182. The van der Waals surface area contributed by atoms with Gasteiger partial charge in [0.15, 0.2) is 5.76 Å². The van der Waals surface area contributed by atoms with E-state index in [9.17, 15) is 14.7 Å². The van der Waals surface area contributed by atoms with Gasteiger partial charge in [-0.05, 0) is 42.6 Å². The van der Waals surface area contributed by atoms with Crippen LogP contribution in [0.4, 0.5) is 0 Å². The minimum atomic E-state index is -0.570. The third-order valence-corrected chi connectivity index (χ3v) is 6.20. The Labute approximate surface area is 169 Å². The molecule has 0 saturated heterocycles. The Morgan fingerprint density at radius 3 is 2.50 bits per heavy atom. The van der Waals surface area contributed by atoms with Gasteiger partial charge in [0.1, 0.15) is 0 Å². The minimum Gasteiger partial charge on any atom is -0.503 e. The first kappa shape index (κ1) is 20.3. The molecule has 3 rings (SSSR count). The highest BCUT2D eigenvalue weighted by atomic mass is 32.1. The van der Waals surface area contributed by atoms with Crippen molar-refractivity contribution < 1.29 is 14.7 Å². The number of nitrogens with zero attached hydrogens (tertiary/aromatic N) is 2. The van der Waals surface area contributed by atoms with E-state index in [4.69, 9.17) is 0 Å². The molecule has 0 fully saturated rings. The zero-order valence-electron chi connectivity index (χ0n) is 16.5. The molecule has 6 heteroatoms. The molecule has 148 valence electrons. The van der Waals surface area contributed by atoms with Crippen molar-refractivity contribution in [1.82, 2.24) is 9.80 Å². The van der Waals surface area contributed by atoms with Crippen LogP contribution in [0.15, 0.2) is 53.1 Å². The van der Waals surface area contributed by atoms with Gasteiger partial charge in [0.2, 0.25) is 5.78 Å². The van der Waals surface area contributed by atoms with Crippen LogP contribution in [-0.2, 0) is 4.79 Å². The lowest BCUT2D eigenvalue weighted by Gasteiger charge is -2.30. The molecule has 1 aromatic carbocycles. The van der Waals surface area contributed by atoms with Crippen LogP contribution < -0.4 is 0 Å². The third kappa shape index (κ3) is 3.75. The van der Waals surface area contributed by atoms with Crippen LogP contribution in [0, 0.1) is 6.92 Å². The van der Waals surface area contributed by atoms with E-state index in [0.29, 0.717) is 18.0 Å². The van der Waals surface area contributed by atoms with Gasteiger partial charge in [-0.3, -0.25) is 9.59 Å². The van der Waals surface area contributed by atoms with E-state index >= 15 is 0 Å². The van der Waals surface area contributed by atoms with E-state index in [2.05, 4.69) is 18.7 Å². The molecule has 28 heavy (non-hydrogen) atoms. The fourth-order valence-corrected chi connectivity index (χ4v) is 4.34. The monoisotopic (exact) mass is 398 g/mol. The van der Waals surface area contributed by atoms with Crippen molar-refractivity contribution in [2.45, 2.75) is 26.8 Å². The molecule has 2 aromatic rings. The van der Waals surface area contributed by atoms with Crippen LogP contribution >= 0.6 is 11.3 Å². The number of ketones is 1. The summed E-state index contributed by atoms with van der Waals surface area (Å²) >= 11 is 1.32. The van der Waals surface area contributed by atoms with Gasteiger partial charge < -0.3 is 14.9 Å². The molecule has 1 unspecified atom stereocenters. The quantitative estimate of drug-likeness (QED) is 0.684. The molecule has 1 amide bonds. The molecule has 0 bridgehead atoms. The molecule has 5 nitrogen and oxygen atoms in total. The number of carbonyl (C=O) groups is 2. The van der Waals surface area contributed by atoms with E-state index in [1.54, 1.807) is 17.0 Å². The van der Waals surface area contributed by atoms with Crippen LogP contribution in [0.2, 0.25) is 0 Å². The number of Topliss-reactive ketones (excluding diaryl/α,β-unsaturated/α-hetero) is 1. The summed E-state index contributed by atoms with van der Waals surface area (Å²) in [6.07, 6.45) is 0. The van der Waals surface area contributed by atoms with Gasteiger partial charge in [-0.2, -0.15) is 0 Å². The number of rotatable bonds is 8. The average molecular weight is 399 g/mol. The summed E-state index contributed by atoms with van der Waals surface area (Å²) in [7, 11) is 0. The third-order valence-electron chi connectivity index (χ3n) is 5.33. The topological polar surface area (TPSA) is 60.9 Å². The SMILES string of the molecule is CCN(CC)CCN1C(=O)C(O)=C(C(=O)c2cccs2)C1c1ccccc1C. The molecule has 1 N–H and O–H groups in total. The van der Waals surface area contributed by atoms with Gasteiger partial charge in [-0.15, -0.1) is 11.3 Å². The smallest absolute Gasteiger partial charge is 0.290 e. The normalized spacial score (nSPS) is 17.1. The summed E-state index contributed by atoms with van der Waals surface area (Å²) in [6.45, 7) is 9.03. The van der Waals surface area contributed by atoms with Crippen molar-refractivity contribution in [1.29, 1.82) is 0 Å². The maximum Gasteiger partial charge on any atom is 0.290 e. The number of aliphatic hydroxyl groups excluding tert-OH is 1. The van der Waals surface area contributed by atoms with Gasteiger partial charge in [-0.25, -0.2) is 0 Å². The second-order valence-electron chi connectivity index (χ2n) is 6.85. The molecule has 0 spiro atoms. The molecular formula is C22H26N2O3S. The number of aliphatic hydroxyl groups is 1. The second kappa shape index (κ2) is 8.71. The summed E-state index contributed by atoms with van der Waals surface area (Å²) in [6, 6.07) is 10.7. The second-order valence-corrected chi connectivity index (χ2v) is 7.80. The predicted octanol–water partition coefficient (Wildman–Crippen LogP) is 3.98. The van der Waals surface area contributed by atoms with Crippen molar-refractivity contribution in [2.75, 3.05) is 26.2 Å². The fraction of sp³-hybridized carbons (Fsp3) is 0.364. The van der Waals surface area contributed by atoms with Crippen molar-refractivity contribution in [3.63, 3.8) is 0 Å². The van der Waals surface area contributed by atoms with Crippen LogP contribution in [0.25, 0.3) is 0 Å². The number of thiophene rings is 1. The molecule has 0 aliphatic carbocycles. The fourth-order valence-electron chi connectivity index (χ4n) is 3.66. The largest absolute Gasteiger partial charge is 0.503 e. The Morgan fingerprint density at radius 2 is 1.89 bits per heavy atom. The Hall–Kier alpha value is -2.44. The van der Waals surface area contributed by atoms with Crippen molar-refractivity contribution in [3.05, 3.63) is 69.1 Å². The zero-order chi connectivity index (χ0) is 20.3. The van der Waals surface area contributed by atoms with E-state index in [0.717, 1.165) is 24.2 Å². The van der Waals surface area contributed by atoms with E-state index in [-0.39, 0.29) is 11.4 Å². The van der Waals surface area contributed by atoms with Crippen molar-refractivity contribution >= 4 is 23.0 Å². The van der Waals surface area contributed by atoms with Gasteiger partial charge in [-0.1, -0.05) is 44.2 Å². The Kier molecular flexibility index (Phi) is 6.31. The first-order valence-electron chi connectivity index (χ1n) is 9.59. The standard InChI is InChI=1S/C22H26N2O3S/c1-4-23(5-2)12-13-24-19(16-10-7-6-9-15(16)3)18(21(26)22(24)27)20(25)17-11-8-14-28-17/h6-11,14,19,26H,4-5,12-13H2,1-3H3. The van der Waals surface area contributed by atoms with E-state index in [1.165, 1.54) is 11.3 Å². The molecule has 2 heterocycles. The molecule has 0 saturated carbocycles. The molecule has 1 aliphatic rings. The summed E-state index contributed by atoms with van der Waals surface area (Å²) in [4.78, 5) is 30.5. The summed E-state index contributed by atoms with van der Waals surface area (Å²) < 4.78 is 0. The molecule has 1 aromatic heterocycles. The molecule has 1 aliphatic heterocycles. The number of likely N-dealkylation sites (N-methyl/N-ethyl adjacent to an activating group) is 1. The number of aryl methyl sites for hydroxylation is 1. The lowest BCUT2D eigenvalue weighted by Crippen LogP contribution is -2.38. The van der Waals surface area contributed by atoms with E-state index < -0.39 is 17.7 Å². The highest BCUT2D eigenvalue weighted by Crippen LogP contribution is 2.40. The highest BCUT2D eigenvalue weighted by molar-refractivity contribution is 7.12. The molecule has 1 atom stereocenters. The summed E-state index contributed by atoms with van der Waals surface area (Å²) in [5.74, 6) is -1.18. The van der Waals surface area contributed by atoms with Gasteiger partial charge >= 0.3 is 0 Å². The molecular weight excluding hydrogens is 372 g/mol. The Bertz CT molecular complexity index is 885.